The summed E-state index contributed by atoms with van der Waals surface area (Å²) in [7, 11) is 2.06. The highest BCUT2D eigenvalue weighted by Crippen LogP contribution is 2.26. The summed E-state index contributed by atoms with van der Waals surface area (Å²) in [4.78, 5) is 0. The monoisotopic (exact) mass is 233 g/mol. The van der Waals surface area contributed by atoms with Crippen LogP contribution in [0.3, 0.4) is 0 Å². The molecule has 0 aromatic heterocycles. The van der Waals surface area contributed by atoms with E-state index in [1.165, 1.54) is 19.3 Å². The Morgan fingerprint density at radius 3 is 2.33 bits per heavy atom. The summed E-state index contributed by atoms with van der Waals surface area (Å²) in [5.41, 5.74) is 0. The van der Waals surface area contributed by atoms with Crippen LogP contribution in [0, 0.1) is 0 Å². The van der Waals surface area contributed by atoms with Crippen LogP contribution in [0.4, 0.5) is 0 Å². The Hall–Kier alpha value is 0.270. The Morgan fingerprint density at radius 2 is 1.93 bits per heavy atom. The van der Waals surface area contributed by atoms with E-state index in [1.807, 2.05) is 11.8 Å². The number of hydrogen-bond acceptors (Lipinski definition) is 3. The van der Waals surface area contributed by atoms with E-state index in [2.05, 4.69) is 33.1 Å². The molecule has 0 aromatic rings. The normalized spacial score (nSPS) is 17.4. The topological polar surface area (TPSA) is 32.3 Å². The Labute approximate surface area is 99.2 Å². The highest BCUT2D eigenvalue weighted by Gasteiger charge is 2.20. The van der Waals surface area contributed by atoms with E-state index in [4.69, 9.17) is 5.11 Å². The van der Waals surface area contributed by atoms with Gasteiger partial charge in [-0.25, -0.2) is 0 Å². The third kappa shape index (κ3) is 6.44. The minimum atomic E-state index is 0.308. The summed E-state index contributed by atoms with van der Waals surface area (Å²) in [5.74, 6) is 0. The van der Waals surface area contributed by atoms with Crippen molar-refractivity contribution in [2.75, 3.05) is 13.7 Å². The molecule has 0 spiro atoms. The molecule has 2 N–H and O–H groups in total. The average molecular weight is 233 g/mol. The molecule has 0 aliphatic heterocycles. The van der Waals surface area contributed by atoms with Crippen LogP contribution in [0.2, 0.25) is 0 Å². The van der Waals surface area contributed by atoms with Crippen LogP contribution in [0.25, 0.3) is 0 Å². The van der Waals surface area contributed by atoms with Crippen LogP contribution in [0.5, 0.6) is 0 Å². The van der Waals surface area contributed by atoms with Gasteiger partial charge in [0.05, 0.1) is 0 Å². The maximum absolute atomic E-state index is 8.89. The number of aliphatic hydroxyl groups is 1. The number of hydrogen-bond donors (Lipinski definition) is 2. The van der Waals surface area contributed by atoms with Gasteiger partial charge in [-0.3, -0.25) is 0 Å². The molecule has 3 unspecified atom stereocenters. The van der Waals surface area contributed by atoms with Crippen molar-refractivity contribution in [3.63, 3.8) is 0 Å². The first-order valence-electron chi connectivity index (χ1n) is 6.13. The number of nitrogens with one attached hydrogen (secondary N) is 1. The van der Waals surface area contributed by atoms with Crippen molar-refractivity contribution in [3.05, 3.63) is 0 Å². The van der Waals surface area contributed by atoms with Gasteiger partial charge in [0.1, 0.15) is 0 Å². The van der Waals surface area contributed by atoms with Crippen LogP contribution < -0.4 is 5.32 Å². The predicted molar refractivity (Wildman–Crippen MR) is 70.6 cm³/mol. The van der Waals surface area contributed by atoms with Gasteiger partial charge in [-0.2, -0.15) is 11.8 Å². The van der Waals surface area contributed by atoms with Crippen molar-refractivity contribution in [3.8, 4) is 0 Å². The van der Waals surface area contributed by atoms with Gasteiger partial charge in [0.25, 0.3) is 0 Å². The molecule has 92 valence electrons. The Kier molecular flexibility index (Phi) is 9.66. The highest BCUT2D eigenvalue weighted by atomic mass is 32.2. The summed E-state index contributed by atoms with van der Waals surface area (Å²) >= 11 is 2.02. The lowest BCUT2D eigenvalue weighted by Gasteiger charge is -2.27. The molecule has 3 heteroatoms. The van der Waals surface area contributed by atoms with E-state index in [0.717, 1.165) is 6.42 Å². The maximum atomic E-state index is 8.89. The lowest BCUT2D eigenvalue weighted by molar-refractivity contribution is 0.288. The van der Waals surface area contributed by atoms with Crippen molar-refractivity contribution in [2.45, 2.75) is 63.0 Å². The zero-order valence-electron chi connectivity index (χ0n) is 10.6. The maximum Gasteiger partial charge on any atom is 0.0441 e. The van der Waals surface area contributed by atoms with Crippen LogP contribution >= 0.6 is 11.8 Å². The van der Waals surface area contributed by atoms with E-state index in [9.17, 15) is 0 Å². The SMILES string of the molecule is CCCC(NC)C(CC)SC(C)CCO. The minimum Gasteiger partial charge on any atom is -0.396 e. The van der Waals surface area contributed by atoms with Crippen LogP contribution in [0.15, 0.2) is 0 Å². The number of rotatable bonds is 9. The van der Waals surface area contributed by atoms with E-state index < -0.39 is 0 Å². The molecule has 0 rings (SSSR count). The second-order valence-electron chi connectivity index (χ2n) is 4.09. The molecule has 0 aliphatic rings. The molecular formula is C12H27NOS. The van der Waals surface area contributed by atoms with Crippen molar-refractivity contribution in [2.24, 2.45) is 0 Å². The quantitative estimate of drug-likeness (QED) is 0.642. The second-order valence-corrected chi connectivity index (χ2v) is 5.77. The van der Waals surface area contributed by atoms with E-state index >= 15 is 0 Å². The zero-order chi connectivity index (χ0) is 11.7. The molecule has 15 heavy (non-hydrogen) atoms. The van der Waals surface area contributed by atoms with Crippen LogP contribution in [-0.4, -0.2) is 35.3 Å². The molecule has 0 radical (unpaired) electrons. The van der Waals surface area contributed by atoms with Crippen molar-refractivity contribution in [1.82, 2.24) is 5.32 Å². The Bertz CT molecular complexity index is 144. The lowest BCUT2D eigenvalue weighted by atomic mass is 10.1. The first-order valence-corrected chi connectivity index (χ1v) is 7.07. The summed E-state index contributed by atoms with van der Waals surface area (Å²) in [6.07, 6.45) is 4.58. The molecule has 0 saturated heterocycles. The third-order valence-electron chi connectivity index (χ3n) is 2.76. The summed E-state index contributed by atoms with van der Waals surface area (Å²) < 4.78 is 0. The molecule has 2 nitrogen and oxygen atoms in total. The summed E-state index contributed by atoms with van der Waals surface area (Å²) in [6.45, 7) is 7.01. The van der Waals surface area contributed by atoms with Gasteiger partial charge in [-0.1, -0.05) is 27.2 Å². The van der Waals surface area contributed by atoms with Gasteiger partial charge in [-0.05, 0) is 26.3 Å². The smallest absolute Gasteiger partial charge is 0.0441 e. The predicted octanol–water partition coefficient (Wildman–Crippen LogP) is 2.66. The highest BCUT2D eigenvalue weighted by molar-refractivity contribution is 8.00. The first kappa shape index (κ1) is 15.3. The molecule has 0 heterocycles. The first-order chi connectivity index (χ1) is 7.19. The number of aliphatic hydroxyl groups excluding tert-OH is 1. The van der Waals surface area contributed by atoms with Crippen molar-refractivity contribution >= 4 is 11.8 Å². The Balaban J connectivity index is 4.07. The zero-order valence-corrected chi connectivity index (χ0v) is 11.4. The average Bonchev–Trinajstić information content (AvgIpc) is 2.23. The third-order valence-corrected chi connectivity index (χ3v) is 4.48. The molecule has 0 bridgehead atoms. The molecular weight excluding hydrogens is 206 g/mol. The van der Waals surface area contributed by atoms with Gasteiger partial charge < -0.3 is 10.4 Å². The summed E-state index contributed by atoms with van der Waals surface area (Å²) in [5, 5.41) is 13.6. The number of thioether (sulfide) groups is 1. The molecule has 3 atom stereocenters. The molecule has 0 fully saturated rings. The Morgan fingerprint density at radius 1 is 1.27 bits per heavy atom. The largest absolute Gasteiger partial charge is 0.396 e. The van der Waals surface area contributed by atoms with Crippen LogP contribution in [0.1, 0.15) is 46.5 Å². The fourth-order valence-electron chi connectivity index (χ4n) is 1.85. The van der Waals surface area contributed by atoms with Gasteiger partial charge in [0.15, 0.2) is 0 Å². The molecule has 0 aliphatic carbocycles. The molecule has 0 amide bonds. The van der Waals surface area contributed by atoms with Crippen molar-refractivity contribution < 1.29 is 5.11 Å². The van der Waals surface area contributed by atoms with E-state index in [0.29, 0.717) is 23.1 Å². The second kappa shape index (κ2) is 9.49. The fraction of sp³-hybridized carbons (Fsp3) is 1.00. The minimum absolute atomic E-state index is 0.308. The van der Waals surface area contributed by atoms with Crippen LogP contribution in [-0.2, 0) is 0 Å². The molecule has 0 aromatic carbocycles. The summed E-state index contributed by atoms with van der Waals surface area (Å²) in [6, 6.07) is 0.617. The fourth-order valence-corrected chi connectivity index (χ4v) is 3.34. The van der Waals surface area contributed by atoms with E-state index in [-0.39, 0.29) is 0 Å². The van der Waals surface area contributed by atoms with Crippen molar-refractivity contribution in [1.29, 1.82) is 0 Å². The van der Waals surface area contributed by atoms with Gasteiger partial charge >= 0.3 is 0 Å². The van der Waals surface area contributed by atoms with Gasteiger partial charge in [0, 0.05) is 23.1 Å². The van der Waals surface area contributed by atoms with Gasteiger partial charge in [0.2, 0.25) is 0 Å². The molecule has 0 saturated carbocycles. The van der Waals surface area contributed by atoms with Gasteiger partial charge in [-0.15, -0.1) is 0 Å². The lowest BCUT2D eigenvalue weighted by Crippen LogP contribution is -2.36. The standard InChI is InChI=1S/C12H27NOS/c1-5-7-11(13-4)12(6-2)15-10(3)8-9-14/h10-14H,5-9H2,1-4H3. The van der Waals surface area contributed by atoms with E-state index in [1.54, 1.807) is 0 Å².